The molecule has 0 spiro atoms. The maximum absolute atomic E-state index is 12.6. The summed E-state index contributed by atoms with van der Waals surface area (Å²) in [7, 11) is -1.56. The SMILES string of the molecule is Cc1ccc(C)c(S(=O)(=O)NCc2nc3c(n2C)CCCC3)c1. The fourth-order valence-corrected chi connectivity index (χ4v) is 4.44. The maximum atomic E-state index is 12.6. The second-order valence-corrected chi connectivity index (χ2v) is 8.02. The first kappa shape index (κ1) is 16.2. The van der Waals surface area contributed by atoms with Crippen LogP contribution in [0.5, 0.6) is 0 Å². The van der Waals surface area contributed by atoms with Gasteiger partial charge < -0.3 is 4.57 Å². The number of benzene rings is 1. The first-order chi connectivity index (χ1) is 10.9. The Morgan fingerprint density at radius 2 is 1.96 bits per heavy atom. The number of nitrogens with one attached hydrogen (secondary N) is 1. The average molecular weight is 333 g/mol. The molecule has 0 radical (unpaired) electrons. The molecule has 2 aromatic rings. The summed E-state index contributed by atoms with van der Waals surface area (Å²) in [5.74, 6) is 0.783. The van der Waals surface area contributed by atoms with E-state index in [2.05, 4.69) is 9.71 Å². The van der Waals surface area contributed by atoms with Crippen molar-refractivity contribution in [1.82, 2.24) is 14.3 Å². The highest BCUT2D eigenvalue weighted by Gasteiger charge is 2.21. The van der Waals surface area contributed by atoms with E-state index >= 15 is 0 Å². The minimum atomic E-state index is -3.53. The van der Waals surface area contributed by atoms with Crippen molar-refractivity contribution in [2.24, 2.45) is 7.05 Å². The molecule has 1 aromatic carbocycles. The molecule has 1 heterocycles. The van der Waals surface area contributed by atoms with Crippen molar-refractivity contribution in [2.75, 3.05) is 0 Å². The van der Waals surface area contributed by atoms with Gasteiger partial charge in [0.25, 0.3) is 0 Å². The Labute approximate surface area is 137 Å². The molecule has 0 saturated carbocycles. The summed E-state index contributed by atoms with van der Waals surface area (Å²) >= 11 is 0. The summed E-state index contributed by atoms with van der Waals surface area (Å²) in [5.41, 5.74) is 4.06. The van der Waals surface area contributed by atoms with Crippen LogP contribution in [0.3, 0.4) is 0 Å². The summed E-state index contributed by atoms with van der Waals surface area (Å²) in [6.45, 7) is 3.93. The molecule has 124 valence electrons. The lowest BCUT2D eigenvalue weighted by atomic mass is 10.0. The van der Waals surface area contributed by atoms with Crippen LogP contribution < -0.4 is 4.72 Å². The van der Waals surface area contributed by atoms with E-state index in [1.807, 2.05) is 37.6 Å². The van der Waals surface area contributed by atoms with Crippen LogP contribution in [0.15, 0.2) is 23.1 Å². The number of sulfonamides is 1. The molecule has 1 aromatic heterocycles. The molecule has 3 rings (SSSR count). The molecular formula is C17H23N3O2S. The first-order valence-corrected chi connectivity index (χ1v) is 9.47. The topological polar surface area (TPSA) is 64.0 Å². The lowest BCUT2D eigenvalue weighted by Crippen LogP contribution is -2.25. The first-order valence-electron chi connectivity index (χ1n) is 7.99. The van der Waals surface area contributed by atoms with Crippen molar-refractivity contribution in [3.8, 4) is 0 Å². The maximum Gasteiger partial charge on any atom is 0.241 e. The molecule has 0 bridgehead atoms. The molecule has 0 amide bonds. The molecule has 5 nitrogen and oxygen atoms in total. The van der Waals surface area contributed by atoms with Crippen molar-refractivity contribution < 1.29 is 8.42 Å². The zero-order chi connectivity index (χ0) is 16.6. The molecule has 0 aliphatic heterocycles. The van der Waals surface area contributed by atoms with Crippen LogP contribution in [0.25, 0.3) is 0 Å². The Bertz CT molecular complexity index is 838. The fourth-order valence-electron chi connectivity index (χ4n) is 3.13. The number of nitrogens with zero attached hydrogens (tertiary/aromatic N) is 2. The van der Waals surface area contributed by atoms with Gasteiger partial charge in [-0.05, 0) is 56.7 Å². The van der Waals surface area contributed by atoms with Crippen LogP contribution in [0, 0.1) is 13.8 Å². The number of aromatic nitrogens is 2. The largest absolute Gasteiger partial charge is 0.334 e. The average Bonchev–Trinajstić information content (AvgIpc) is 2.84. The van der Waals surface area contributed by atoms with Crippen molar-refractivity contribution in [3.63, 3.8) is 0 Å². The van der Waals surface area contributed by atoms with Gasteiger partial charge in [-0.2, -0.15) is 0 Å². The third kappa shape index (κ3) is 3.19. The van der Waals surface area contributed by atoms with E-state index in [0.29, 0.717) is 4.90 Å². The highest BCUT2D eigenvalue weighted by atomic mass is 32.2. The van der Waals surface area contributed by atoms with Gasteiger partial charge in [0, 0.05) is 12.7 Å². The fraction of sp³-hybridized carbons (Fsp3) is 0.471. The number of hydrogen-bond donors (Lipinski definition) is 1. The van der Waals surface area contributed by atoms with Gasteiger partial charge in [0.2, 0.25) is 10.0 Å². The van der Waals surface area contributed by atoms with E-state index in [-0.39, 0.29) is 6.54 Å². The zero-order valence-electron chi connectivity index (χ0n) is 13.9. The van der Waals surface area contributed by atoms with Gasteiger partial charge >= 0.3 is 0 Å². The lowest BCUT2D eigenvalue weighted by Gasteiger charge is -2.12. The minimum Gasteiger partial charge on any atom is -0.334 e. The van der Waals surface area contributed by atoms with Crippen molar-refractivity contribution in [2.45, 2.75) is 51.0 Å². The molecule has 23 heavy (non-hydrogen) atoms. The normalized spacial score (nSPS) is 14.7. The smallest absolute Gasteiger partial charge is 0.241 e. The van der Waals surface area contributed by atoms with Gasteiger partial charge in [-0.1, -0.05) is 12.1 Å². The molecule has 1 aliphatic carbocycles. The Kier molecular flexibility index (Phi) is 4.29. The van der Waals surface area contributed by atoms with Gasteiger partial charge in [-0.15, -0.1) is 0 Å². The monoisotopic (exact) mass is 333 g/mol. The van der Waals surface area contributed by atoms with Gasteiger partial charge in [0.1, 0.15) is 5.82 Å². The number of aryl methyl sites for hydroxylation is 3. The molecule has 0 fully saturated rings. The Balaban J connectivity index is 1.82. The highest BCUT2D eigenvalue weighted by Crippen LogP contribution is 2.22. The molecule has 0 saturated heterocycles. The lowest BCUT2D eigenvalue weighted by molar-refractivity contribution is 0.576. The van der Waals surface area contributed by atoms with Gasteiger partial charge in [-0.3, -0.25) is 0 Å². The molecule has 1 aliphatic rings. The third-order valence-corrected chi connectivity index (χ3v) is 6.06. The number of rotatable bonds is 4. The number of fused-ring (bicyclic) bond motifs is 1. The summed E-state index contributed by atoms with van der Waals surface area (Å²) in [4.78, 5) is 4.97. The predicted molar refractivity (Wildman–Crippen MR) is 89.8 cm³/mol. The minimum absolute atomic E-state index is 0.221. The molecule has 0 unspecified atom stereocenters. The van der Waals surface area contributed by atoms with E-state index in [9.17, 15) is 8.42 Å². The van der Waals surface area contributed by atoms with Crippen LogP contribution in [0.2, 0.25) is 0 Å². The standard InChI is InChI=1S/C17H23N3O2S/c1-12-8-9-13(2)16(10-12)23(21,22)18-11-17-19-14-6-4-5-7-15(14)20(17)3/h8-10,18H,4-7,11H2,1-3H3. The van der Waals surface area contributed by atoms with Crippen LogP contribution >= 0.6 is 0 Å². The highest BCUT2D eigenvalue weighted by molar-refractivity contribution is 7.89. The summed E-state index contributed by atoms with van der Waals surface area (Å²) in [6, 6.07) is 5.46. The summed E-state index contributed by atoms with van der Waals surface area (Å²) < 4.78 is 29.9. The van der Waals surface area contributed by atoms with E-state index < -0.39 is 10.0 Å². The van der Waals surface area contributed by atoms with Crippen molar-refractivity contribution in [1.29, 1.82) is 0 Å². The van der Waals surface area contributed by atoms with Gasteiger partial charge in [0.05, 0.1) is 17.1 Å². The van der Waals surface area contributed by atoms with Crippen LogP contribution in [0.1, 0.15) is 41.2 Å². The molecular weight excluding hydrogens is 310 g/mol. The quantitative estimate of drug-likeness (QED) is 0.934. The van der Waals surface area contributed by atoms with Crippen LogP contribution in [-0.2, 0) is 36.5 Å². The Morgan fingerprint density at radius 3 is 2.70 bits per heavy atom. The van der Waals surface area contributed by atoms with E-state index in [0.717, 1.165) is 41.9 Å². The predicted octanol–water partition coefficient (Wildman–Crippen LogP) is 2.39. The number of hydrogen-bond acceptors (Lipinski definition) is 3. The van der Waals surface area contributed by atoms with Crippen LogP contribution in [-0.4, -0.2) is 18.0 Å². The van der Waals surface area contributed by atoms with E-state index in [1.54, 1.807) is 6.07 Å². The Hall–Kier alpha value is -1.66. The van der Waals surface area contributed by atoms with Gasteiger partial charge in [-0.25, -0.2) is 18.1 Å². The molecule has 1 N–H and O–H groups in total. The van der Waals surface area contributed by atoms with E-state index in [1.165, 1.54) is 12.1 Å². The zero-order valence-corrected chi connectivity index (χ0v) is 14.7. The molecule has 0 atom stereocenters. The van der Waals surface area contributed by atoms with Crippen molar-refractivity contribution >= 4 is 10.0 Å². The van der Waals surface area contributed by atoms with Crippen LogP contribution in [0.4, 0.5) is 0 Å². The van der Waals surface area contributed by atoms with E-state index in [4.69, 9.17) is 0 Å². The third-order valence-electron chi connectivity index (χ3n) is 4.52. The van der Waals surface area contributed by atoms with Crippen molar-refractivity contribution in [3.05, 3.63) is 46.5 Å². The second kappa shape index (κ2) is 6.09. The summed E-state index contributed by atoms with van der Waals surface area (Å²) in [5, 5.41) is 0. The van der Waals surface area contributed by atoms with Gasteiger partial charge in [0.15, 0.2) is 0 Å². The Morgan fingerprint density at radius 1 is 1.22 bits per heavy atom. The number of imidazole rings is 1. The molecule has 6 heteroatoms. The summed E-state index contributed by atoms with van der Waals surface area (Å²) in [6.07, 6.45) is 4.37. The second-order valence-electron chi connectivity index (χ2n) is 6.28.